The van der Waals surface area contributed by atoms with Gasteiger partial charge in [-0.25, -0.2) is 4.79 Å². The Morgan fingerprint density at radius 1 is 1.38 bits per heavy atom. The van der Waals surface area contributed by atoms with E-state index < -0.39 is 0 Å². The molecule has 1 aromatic rings. The molecule has 88 valence electrons. The summed E-state index contributed by atoms with van der Waals surface area (Å²) in [7, 11) is 1.39. The van der Waals surface area contributed by atoms with E-state index in [-0.39, 0.29) is 5.97 Å². The predicted molar refractivity (Wildman–Crippen MR) is 65.8 cm³/mol. The Kier molecular flexibility index (Phi) is 4.83. The molecule has 0 saturated carbocycles. The average molecular weight is 221 g/mol. The van der Waals surface area contributed by atoms with E-state index in [9.17, 15) is 4.79 Å². The fourth-order valence-electron chi connectivity index (χ4n) is 1.58. The molecule has 0 spiro atoms. The molecule has 0 aliphatic heterocycles. The molecule has 0 aliphatic carbocycles. The van der Waals surface area contributed by atoms with Crippen molar-refractivity contribution in [3.63, 3.8) is 0 Å². The van der Waals surface area contributed by atoms with Gasteiger partial charge in [0.05, 0.1) is 12.7 Å². The van der Waals surface area contributed by atoms with E-state index in [1.807, 2.05) is 18.2 Å². The van der Waals surface area contributed by atoms with Crippen LogP contribution in [0.2, 0.25) is 0 Å². The number of carbonyl (C=O) groups is 1. The second kappa shape index (κ2) is 6.16. The molecule has 1 N–H and O–H groups in total. The first-order valence-corrected chi connectivity index (χ1v) is 5.66. The fraction of sp³-hybridized carbons (Fsp3) is 0.462. The van der Waals surface area contributed by atoms with Crippen LogP contribution in [0.25, 0.3) is 0 Å². The number of anilines is 1. The first kappa shape index (κ1) is 12.6. The average Bonchev–Trinajstić information content (AvgIpc) is 2.35. The number of nitrogens with one attached hydrogen (secondary N) is 1. The predicted octanol–water partition coefficient (Wildman–Crippen LogP) is 3.07. The van der Waals surface area contributed by atoms with Crippen molar-refractivity contribution >= 4 is 11.7 Å². The Hall–Kier alpha value is -1.51. The second-order valence-electron chi connectivity index (χ2n) is 3.73. The molecule has 0 heterocycles. The van der Waals surface area contributed by atoms with Crippen LogP contribution in [0.5, 0.6) is 0 Å². The zero-order valence-electron chi connectivity index (χ0n) is 10.1. The van der Waals surface area contributed by atoms with Gasteiger partial charge in [-0.15, -0.1) is 0 Å². The van der Waals surface area contributed by atoms with E-state index in [0.29, 0.717) is 11.6 Å². The molecule has 0 atom stereocenters. The van der Waals surface area contributed by atoms with Gasteiger partial charge in [-0.3, -0.25) is 0 Å². The maximum absolute atomic E-state index is 11.3. The second-order valence-corrected chi connectivity index (χ2v) is 3.73. The Balaban J connectivity index is 2.78. The van der Waals surface area contributed by atoms with E-state index >= 15 is 0 Å². The van der Waals surface area contributed by atoms with Crippen LogP contribution in [0.3, 0.4) is 0 Å². The highest BCUT2D eigenvalue weighted by molar-refractivity contribution is 5.90. The fourth-order valence-corrected chi connectivity index (χ4v) is 1.58. The van der Waals surface area contributed by atoms with E-state index in [0.717, 1.165) is 18.5 Å². The maximum Gasteiger partial charge on any atom is 0.337 e. The molecular weight excluding hydrogens is 202 g/mol. The molecule has 1 rings (SSSR count). The lowest BCUT2D eigenvalue weighted by Gasteiger charge is -2.16. The van der Waals surface area contributed by atoms with E-state index in [2.05, 4.69) is 23.9 Å². The smallest absolute Gasteiger partial charge is 0.337 e. The zero-order valence-corrected chi connectivity index (χ0v) is 10.1. The van der Waals surface area contributed by atoms with Gasteiger partial charge in [0.25, 0.3) is 0 Å². The molecule has 1 aromatic carbocycles. The Bertz CT molecular complexity index is 346. The van der Waals surface area contributed by atoms with Crippen molar-refractivity contribution in [1.82, 2.24) is 0 Å². The van der Waals surface area contributed by atoms with Crippen molar-refractivity contribution < 1.29 is 9.53 Å². The number of ether oxygens (including phenoxy) is 1. The summed E-state index contributed by atoms with van der Waals surface area (Å²) in [6.07, 6.45) is 2.14. The molecule has 0 aliphatic rings. The Morgan fingerprint density at radius 3 is 2.62 bits per heavy atom. The van der Waals surface area contributed by atoms with Gasteiger partial charge < -0.3 is 10.1 Å². The summed E-state index contributed by atoms with van der Waals surface area (Å²) in [6, 6.07) is 7.85. The van der Waals surface area contributed by atoms with E-state index in [4.69, 9.17) is 0 Å². The van der Waals surface area contributed by atoms with Crippen molar-refractivity contribution in [1.29, 1.82) is 0 Å². The monoisotopic (exact) mass is 221 g/mol. The van der Waals surface area contributed by atoms with Crippen LogP contribution >= 0.6 is 0 Å². The summed E-state index contributed by atoms with van der Waals surface area (Å²) in [5.41, 5.74) is 1.55. The lowest BCUT2D eigenvalue weighted by molar-refractivity contribution is 0.0601. The minimum atomic E-state index is -0.298. The molecule has 0 bridgehead atoms. The molecular formula is C13H19NO2. The quantitative estimate of drug-likeness (QED) is 0.776. The highest BCUT2D eigenvalue weighted by Crippen LogP contribution is 2.14. The normalized spacial score (nSPS) is 10.2. The third kappa shape index (κ3) is 3.26. The number of methoxy groups -OCH3 is 1. The number of rotatable bonds is 5. The SMILES string of the molecule is CCC(CC)Nc1cccc(C(=O)OC)c1. The Morgan fingerprint density at radius 2 is 2.06 bits per heavy atom. The van der Waals surface area contributed by atoms with Gasteiger partial charge in [0.15, 0.2) is 0 Å². The van der Waals surface area contributed by atoms with E-state index in [1.165, 1.54) is 7.11 Å². The van der Waals surface area contributed by atoms with Gasteiger partial charge in [0.2, 0.25) is 0 Å². The summed E-state index contributed by atoms with van der Waals surface area (Å²) in [6.45, 7) is 4.29. The summed E-state index contributed by atoms with van der Waals surface area (Å²) < 4.78 is 4.68. The van der Waals surface area contributed by atoms with Crippen LogP contribution in [0.4, 0.5) is 5.69 Å². The first-order valence-electron chi connectivity index (χ1n) is 5.66. The van der Waals surface area contributed by atoms with Crippen molar-refractivity contribution in [3.05, 3.63) is 29.8 Å². The minimum absolute atomic E-state index is 0.298. The van der Waals surface area contributed by atoms with Crippen LogP contribution in [0.1, 0.15) is 37.0 Å². The topological polar surface area (TPSA) is 38.3 Å². The summed E-state index contributed by atoms with van der Waals surface area (Å²) in [5, 5.41) is 3.39. The standard InChI is InChI=1S/C13H19NO2/c1-4-11(5-2)14-12-8-6-7-10(9-12)13(15)16-3/h6-9,11,14H,4-5H2,1-3H3. The van der Waals surface area contributed by atoms with Gasteiger partial charge in [-0.1, -0.05) is 19.9 Å². The van der Waals surface area contributed by atoms with Crippen LogP contribution in [0, 0.1) is 0 Å². The summed E-state index contributed by atoms with van der Waals surface area (Å²) in [4.78, 5) is 11.3. The molecule has 0 unspecified atom stereocenters. The van der Waals surface area contributed by atoms with Gasteiger partial charge in [-0.05, 0) is 31.0 Å². The van der Waals surface area contributed by atoms with Crippen LogP contribution in [-0.4, -0.2) is 19.1 Å². The van der Waals surface area contributed by atoms with Crippen molar-refractivity contribution in [2.24, 2.45) is 0 Å². The number of carbonyl (C=O) groups excluding carboxylic acids is 1. The largest absolute Gasteiger partial charge is 0.465 e. The third-order valence-electron chi connectivity index (χ3n) is 2.64. The zero-order chi connectivity index (χ0) is 12.0. The van der Waals surface area contributed by atoms with Gasteiger partial charge >= 0.3 is 5.97 Å². The minimum Gasteiger partial charge on any atom is -0.465 e. The highest BCUT2D eigenvalue weighted by Gasteiger charge is 2.07. The first-order chi connectivity index (χ1) is 7.71. The lowest BCUT2D eigenvalue weighted by Crippen LogP contribution is -2.17. The molecule has 3 heteroatoms. The highest BCUT2D eigenvalue weighted by atomic mass is 16.5. The lowest BCUT2D eigenvalue weighted by atomic mass is 10.1. The van der Waals surface area contributed by atoms with Crippen LogP contribution in [0.15, 0.2) is 24.3 Å². The number of esters is 1. The van der Waals surface area contributed by atoms with Crippen molar-refractivity contribution in [3.8, 4) is 0 Å². The van der Waals surface area contributed by atoms with Crippen molar-refractivity contribution in [2.75, 3.05) is 12.4 Å². The third-order valence-corrected chi connectivity index (χ3v) is 2.64. The molecule has 3 nitrogen and oxygen atoms in total. The number of benzene rings is 1. The summed E-state index contributed by atoms with van der Waals surface area (Å²) in [5.74, 6) is -0.298. The van der Waals surface area contributed by atoms with Gasteiger partial charge in [-0.2, -0.15) is 0 Å². The molecule has 0 fully saturated rings. The summed E-state index contributed by atoms with van der Waals surface area (Å²) >= 11 is 0. The Labute approximate surface area is 96.8 Å². The molecule has 0 amide bonds. The molecule has 0 radical (unpaired) electrons. The van der Waals surface area contributed by atoms with Crippen molar-refractivity contribution in [2.45, 2.75) is 32.7 Å². The van der Waals surface area contributed by atoms with Crippen LogP contribution < -0.4 is 5.32 Å². The van der Waals surface area contributed by atoms with E-state index in [1.54, 1.807) is 6.07 Å². The number of hydrogen-bond acceptors (Lipinski definition) is 3. The van der Waals surface area contributed by atoms with Gasteiger partial charge in [0.1, 0.15) is 0 Å². The van der Waals surface area contributed by atoms with Gasteiger partial charge in [0, 0.05) is 11.7 Å². The number of hydrogen-bond donors (Lipinski definition) is 1. The van der Waals surface area contributed by atoms with Crippen LogP contribution in [-0.2, 0) is 4.74 Å². The molecule has 0 aromatic heterocycles. The molecule has 0 saturated heterocycles. The molecule has 16 heavy (non-hydrogen) atoms. The maximum atomic E-state index is 11.3.